The highest BCUT2D eigenvalue weighted by Crippen LogP contribution is 2.36. The van der Waals surface area contributed by atoms with Gasteiger partial charge in [0, 0.05) is 12.7 Å². The molecule has 0 saturated carbocycles. The van der Waals surface area contributed by atoms with E-state index in [0.717, 1.165) is 4.57 Å². The van der Waals surface area contributed by atoms with E-state index in [-0.39, 0.29) is 5.69 Å². The summed E-state index contributed by atoms with van der Waals surface area (Å²) in [5, 5.41) is 0. The highest BCUT2D eigenvalue weighted by atomic mass is 19.4. The van der Waals surface area contributed by atoms with Gasteiger partial charge in [0.2, 0.25) is 0 Å². The SMILES string of the molecule is O=Cc1cccn1Cc1cc(C(F)(F)F)ccc1C(F)(F)F. The molecule has 0 atom stereocenters. The minimum Gasteiger partial charge on any atom is -0.341 e. The molecule has 0 aliphatic heterocycles. The van der Waals surface area contributed by atoms with Crippen LogP contribution in [0.25, 0.3) is 0 Å². The summed E-state index contributed by atoms with van der Waals surface area (Å²) in [5.41, 5.74) is -2.81. The molecule has 2 rings (SSSR count). The molecule has 0 N–H and O–H groups in total. The predicted octanol–water partition coefficient (Wildman–Crippen LogP) is 4.39. The van der Waals surface area contributed by atoms with Crippen LogP contribution in [0.1, 0.15) is 27.2 Å². The van der Waals surface area contributed by atoms with Crippen molar-refractivity contribution in [3.8, 4) is 0 Å². The zero-order chi connectivity index (χ0) is 16.5. The quantitative estimate of drug-likeness (QED) is 0.607. The summed E-state index contributed by atoms with van der Waals surface area (Å²) in [6.45, 7) is -0.486. The first-order valence-corrected chi connectivity index (χ1v) is 6.00. The molecule has 1 aromatic carbocycles. The molecule has 0 saturated heterocycles. The van der Waals surface area contributed by atoms with E-state index < -0.39 is 35.6 Å². The number of carbonyl (C=O) groups excluding carboxylic acids is 1. The Bertz CT molecular complexity index is 683. The number of carbonyl (C=O) groups is 1. The van der Waals surface area contributed by atoms with Crippen molar-refractivity contribution in [2.75, 3.05) is 0 Å². The molecule has 0 aliphatic carbocycles. The topological polar surface area (TPSA) is 22.0 Å². The highest BCUT2D eigenvalue weighted by Gasteiger charge is 2.36. The molecule has 118 valence electrons. The average molecular weight is 321 g/mol. The minimum atomic E-state index is -4.78. The standard InChI is InChI=1S/C14H9F6NO/c15-13(16,17)10-3-4-12(14(18,19)20)9(6-10)7-21-5-1-2-11(21)8-22/h1-6,8H,7H2. The largest absolute Gasteiger partial charge is 0.416 e. The molecular formula is C14H9F6NO. The van der Waals surface area contributed by atoms with Gasteiger partial charge in [-0.25, -0.2) is 0 Å². The molecule has 0 spiro atoms. The fourth-order valence-electron chi connectivity index (χ4n) is 2.04. The third-order valence-corrected chi connectivity index (χ3v) is 3.06. The molecule has 2 aromatic rings. The monoisotopic (exact) mass is 321 g/mol. The molecule has 22 heavy (non-hydrogen) atoms. The first kappa shape index (κ1) is 16.1. The second-order valence-electron chi connectivity index (χ2n) is 4.55. The number of halogens is 6. The minimum absolute atomic E-state index is 0.0746. The van der Waals surface area contributed by atoms with Gasteiger partial charge in [0.05, 0.1) is 16.8 Å². The Labute approximate surface area is 121 Å². The van der Waals surface area contributed by atoms with Gasteiger partial charge in [0.15, 0.2) is 6.29 Å². The van der Waals surface area contributed by atoms with Crippen molar-refractivity contribution in [1.82, 2.24) is 4.57 Å². The van der Waals surface area contributed by atoms with Crippen LogP contribution in [0.2, 0.25) is 0 Å². The van der Waals surface area contributed by atoms with E-state index in [1.807, 2.05) is 0 Å². The van der Waals surface area contributed by atoms with Gasteiger partial charge in [-0.2, -0.15) is 26.3 Å². The summed E-state index contributed by atoms with van der Waals surface area (Å²) < 4.78 is 78.0. The second kappa shape index (κ2) is 5.51. The number of hydrogen-bond donors (Lipinski definition) is 0. The summed E-state index contributed by atoms with van der Waals surface area (Å²) in [6.07, 6.45) is -7.79. The van der Waals surface area contributed by atoms with Crippen LogP contribution < -0.4 is 0 Å². The van der Waals surface area contributed by atoms with E-state index >= 15 is 0 Å². The van der Waals surface area contributed by atoms with Crippen LogP contribution in [0.4, 0.5) is 26.3 Å². The van der Waals surface area contributed by atoms with Gasteiger partial charge in [-0.05, 0) is 35.9 Å². The van der Waals surface area contributed by atoms with E-state index in [1.165, 1.54) is 18.3 Å². The van der Waals surface area contributed by atoms with Crippen LogP contribution in [-0.4, -0.2) is 10.9 Å². The van der Waals surface area contributed by atoms with Crippen molar-refractivity contribution in [1.29, 1.82) is 0 Å². The molecule has 1 aromatic heterocycles. The predicted molar refractivity (Wildman–Crippen MR) is 65.4 cm³/mol. The van der Waals surface area contributed by atoms with Crippen molar-refractivity contribution in [3.05, 3.63) is 58.9 Å². The summed E-state index contributed by atoms with van der Waals surface area (Å²) in [4.78, 5) is 10.8. The van der Waals surface area contributed by atoms with E-state index in [2.05, 4.69) is 0 Å². The molecule has 1 heterocycles. The van der Waals surface area contributed by atoms with Gasteiger partial charge < -0.3 is 4.57 Å². The smallest absolute Gasteiger partial charge is 0.341 e. The van der Waals surface area contributed by atoms with Crippen LogP contribution in [0.3, 0.4) is 0 Å². The van der Waals surface area contributed by atoms with E-state index in [9.17, 15) is 31.1 Å². The van der Waals surface area contributed by atoms with Crippen molar-refractivity contribution >= 4 is 6.29 Å². The molecule has 2 nitrogen and oxygen atoms in total. The molecule has 8 heteroatoms. The van der Waals surface area contributed by atoms with Gasteiger partial charge in [-0.1, -0.05) is 0 Å². The number of aldehydes is 1. The summed E-state index contributed by atoms with van der Waals surface area (Å²) >= 11 is 0. The maximum absolute atomic E-state index is 12.9. The van der Waals surface area contributed by atoms with Gasteiger partial charge >= 0.3 is 12.4 Å². The molecule has 0 fully saturated rings. The first-order chi connectivity index (χ1) is 10.1. The Morgan fingerprint density at radius 2 is 1.68 bits per heavy atom. The van der Waals surface area contributed by atoms with Crippen LogP contribution in [-0.2, 0) is 18.9 Å². The Morgan fingerprint density at radius 3 is 2.23 bits per heavy atom. The van der Waals surface area contributed by atoms with Crippen LogP contribution in [0.15, 0.2) is 36.5 Å². The summed E-state index contributed by atoms with van der Waals surface area (Å²) in [5.74, 6) is 0. The van der Waals surface area contributed by atoms with E-state index in [0.29, 0.717) is 24.5 Å². The Kier molecular flexibility index (Phi) is 4.04. The normalized spacial score (nSPS) is 12.5. The third-order valence-electron chi connectivity index (χ3n) is 3.06. The first-order valence-electron chi connectivity index (χ1n) is 6.00. The second-order valence-corrected chi connectivity index (χ2v) is 4.55. The van der Waals surface area contributed by atoms with Crippen molar-refractivity contribution in [2.45, 2.75) is 18.9 Å². The average Bonchev–Trinajstić information content (AvgIpc) is 2.83. The van der Waals surface area contributed by atoms with E-state index in [1.54, 1.807) is 0 Å². The maximum atomic E-state index is 12.9. The Balaban J connectivity index is 2.53. The third kappa shape index (κ3) is 3.32. The van der Waals surface area contributed by atoms with Crippen molar-refractivity contribution < 1.29 is 31.1 Å². The zero-order valence-corrected chi connectivity index (χ0v) is 10.9. The van der Waals surface area contributed by atoms with Crippen molar-refractivity contribution in [2.24, 2.45) is 0 Å². The fourth-order valence-corrected chi connectivity index (χ4v) is 2.04. The van der Waals surface area contributed by atoms with Gasteiger partial charge in [-0.3, -0.25) is 4.79 Å². The van der Waals surface area contributed by atoms with Crippen LogP contribution >= 0.6 is 0 Å². The number of benzene rings is 1. The summed E-state index contributed by atoms with van der Waals surface area (Å²) in [6, 6.07) is 4.03. The van der Waals surface area contributed by atoms with Crippen molar-refractivity contribution in [3.63, 3.8) is 0 Å². The molecule has 0 unspecified atom stereocenters. The molecule has 0 radical (unpaired) electrons. The molecule has 0 bridgehead atoms. The number of hydrogen-bond acceptors (Lipinski definition) is 1. The molecule has 0 aliphatic rings. The Hall–Kier alpha value is -2.25. The lowest BCUT2D eigenvalue weighted by Crippen LogP contribution is -2.15. The lowest BCUT2D eigenvalue weighted by atomic mass is 10.0. The number of rotatable bonds is 3. The summed E-state index contributed by atoms with van der Waals surface area (Å²) in [7, 11) is 0. The highest BCUT2D eigenvalue weighted by molar-refractivity contribution is 5.72. The fraction of sp³-hybridized carbons (Fsp3) is 0.214. The van der Waals surface area contributed by atoms with Gasteiger partial charge in [0.1, 0.15) is 0 Å². The molecular weight excluding hydrogens is 312 g/mol. The van der Waals surface area contributed by atoms with Gasteiger partial charge in [-0.15, -0.1) is 0 Å². The van der Waals surface area contributed by atoms with Gasteiger partial charge in [0.25, 0.3) is 0 Å². The van der Waals surface area contributed by atoms with Crippen LogP contribution in [0, 0.1) is 0 Å². The Morgan fingerprint density at radius 1 is 1.00 bits per heavy atom. The molecule has 0 amide bonds. The lowest BCUT2D eigenvalue weighted by Gasteiger charge is -2.16. The van der Waals surface area contributed by atoms with Crippen LogP contribution in [0.5, 0.6) is 0 Å². The lowest BCUT2D eigenvalue weighted by molar-refractivity contribution is -0.141. The number of aromatic nitrogens is 1. The number of nitrogens with zero attached hydrogens (tertiary/aromatic N) is 1. The van der Waals surface area contributed by atoms with E-state index in [4.69, 9.17) is 0 Å². The number of alkyl halides is 6. The maximum Gasteiger partial charge on any atom is 0.416 e. The zero-order valence-electron chi connectivity index (χ0n) is 10.9.